The lowest BCUT2D eigenvalue weighted by molar-refractivity contribution is -0.137. The lowest BCUT2D eigenvalue weighted by Gasteiger charge is -2.38. The Labute approximate surface area is 775 Å². The number of nitrogens with one attached hydrogen (secondary N) is 6. The minimum Gasteiger partial charge on any atom is -0.453 e. The second-order valence-corrected chi connectivity index (χ2v) is 39.7. The number of alkyl carbamates (subject to hydrolysis) is 4. The van der Waals surface area contributed by atoms with Crippen LogP contribution in [-0.4, -0.2) is 189 Å². The monoisotopic (exact) mass is 1790 g/mol. The van der Waals surface area contributed by atoms with Crippen molar-refractivity contribution in [2.75, 3.05) is 48.1 Å². The minimum absolute atomic E-state index is 0.0101. The molecular formula is C106H132N14O12. The number of allylic oxidation sites excluding steroid dienone is 1. The van der Waals surface area contributed by atoms with Crippen LogP contribution in [0.5, 0.6) is 0 Å². The summed E-state index contributed by atoms with van der Waals surface area (Å²) in [6.07, 6.45) is 19.4. The van der Waals surface area contributed by atoms with Crippen molar-refractivity contribution >= 4 is 81.7 Å². The van der Waals surface area contributed by atoms with Crippen molar-refractivity contribution in [1.82, 2.24) is 60.8 Å². The fourth-order valence-corrected chi connectivity index (χ4v) is 22.5. The lowest BCUT2D eigenvalue weighted by atomic mass is 9.73. The Morgan fingerprint density at radius 2 is 0.917 bits per heavy atom. The molecule has 14 atom stereocenters. The van der Waals surface area contributed by atoms with Gasteiger partial charge in [0.1, 0.15) is 35.8 Å². The molecule has 10 unspecified atom stereocenters. The standard InChI is InChI=1S/C32H38N4O3.C30H36N4O3.C24H31N3O3.C20H27N3O3/c1-18(2)29(35-32(38)39-4)31(37)36-15-5-6-27(36)30-33-17-26(34-30)21-10-8-20(9-11-21)23-13-7-19(3)25-16-22-12-14-24(22)28(23)25;1-16(2)27(33-30(36)37-4)29(35)34-13-5-6-25(34)28-31-23-12-9-19(15-24(23)32-28)20-10-7-17(3)22-14-18-8-11-21(18)26(20)22;1-14(2)21(26-24(29)30-4)23(28)27-19-10-9-17(11-19)22(27)20-12-18(13-25-20)16-7-5-15(3)6-8-16;1-12(2)18(22-20(25)26-4)19(24)23-9-5-6-17(23)16-11-14-10-13(3)7-8-15(14)21-16/h7-11,13,17-18,22,24,27,29H,5-6,12,14-16H2,1-4H3,(H,33,34)(H,35,38);7,9-10,12,15-16,18,21,25,27H,5-6,8,11,13-14H2,1-4H3,(H,31,32)(H,33,36);5-8,13-14,17,19,21-22H,9-12H2,1-4H3,(H,26,29);7-8,10,12,17-18H,5-6,9,11H2,1-4H3,(H,22,25)/t22?,24?,27-,29-;;;17-,18-/m0..0/s1. The highest BCUT2D eigenvalue weighted by Gasteiger charge is 2.53. The number of fused-ring (bicyclic) bond motifs is 10. The number of aryl methyl sites for hydroxylation is 4. The number of benzene rings is 6. The number of piperidine rings is 1. The molecule has 8 aromatic rings. The molecule has 0 spiro atoms. The number of aromatic nitrogens is 4. The van der Waals surface area contributed by atoms with Crippen molar-refractivity contribution in [2.45, 2.75) is 258 Å². The first-order valence-electron chi connectivity index (χ1n) is 48.0. The van der Waals surface area contributed by atoms with E-state index in [1.165, 1.54) is 128 Å². The smallest absolute Gasteiger partial charge is 0.407 e. The average molecular weight is 1790 g/mol. The van der Waals surface area contributed by atoms with Gasteiger partial charge in [0, 0.05) is 56.1 Å². The number of aromatic amines is 2. The SMILES string of the molecule is COC(=O)NC(C(=O)N1C2CCC(C2)C1C1=NC=C(c2ccc(C)cc2)C1)C(C)C.COC(=O)NC(C(=O)N1CCCC1c1nc2ccc(-c3ccc(C)c4c3C3CCC3C4)cc2[nH]1)C(C)C.COC(=O)N[C@H](C(=O)N1CCC[C@H]1C1=Nc2ccc(C)cc2C1)C(C)C.COC(=O)N[C@H](C(=O)N1CCC[C@H]1c1ncc(-c2ccc(-c3ccc(C)c4c3C3CCC3C4)cc2)[nH]1)C(C)C. The van der Waals surface area contributed by atoms with Crippen LogP contribution in [0.15, 0.2) is 132 Å². The fraction of sp³-hybridized carbons (Fsp3) is 0.509. The molecule has 6 N–H and O–H groups in total. The fourth-order valence-electron chi connectivity index (χ4n) is 22.5. The van der Waals surface area contributed by atoms with E-state index in [2.05, 4.69) is 173 Å². The molecule has 2 aromatic heterocycles. The molecule has 19 rings (SSSR count). The largest absolute Gasteiger partial charge is 0.453 e. The number of H-pyrrole nitrogens is 2. The molecule has 7 fully saturated rings. The zero-order valence-electron chi connectivity index (χ0n) is 79.6. The third-order valence-electron chi connectivity index (χ3n) is 30.0. The molecule has 4 saturated heterocycles. The summed E-state index contributed by atoms with van der Waals surface area (Å²) < 4.78 is 18.9. The number of carbonyl (C=O) groups is 8. The van der Waals surface area contributed by atoms with Crippen LogP contribution in [0.25, 0.3) is 50.1 Å². The molecule has 6 aliphatic heterocycles. The highest BCUT2D eigenvalue weighted by Crippen LogP contribution is 2.57. The minimum atomic E-state index is -0.640. The summed E-state index contributed by atoms with van der Waals surface area (Å²) in [7, 11) is 5.25. The zero-order valence-corrected chi connectivity index (χ0v) is 79.6. The van der Waals surface area contributed by atoms with Gasteiger partial charge in [0.15, 0.2) is 0 Å². The van der Waals surface area contributed by atoms with Gasteiger partial charge in [-0.3, -0.25) is 29.2 Å². The van der Waals surface area contributed by atoms with Gasteiger partial charge in [0.25, 0.3) is 0 Å². The quantitative estimate of drug-likeness (QED) is 0.0387. The van der Waals surface area contributed by atoms with Crippen molar-refractivity contribution < 1.29 is 57.3 Å². The third-order valence-corrected chi connectivity index (χ3v) is 30.0. The maximum absolute atomic E-state index is 13.6. The molecule has 6 aromatic carbocycles. The Morgan fingerprint density at radius 3 is 1.43 bits per heavy atom. The van der Waals surface area contributed by atoms with Gasteiger partial charge in [-0.1, -0.05) is 158 Å². The normalized spacial score (nSPS) is 22.9. The summed E-state index contributed by atoms with van der Waals surface area (Å²) >= 11 is 0. The Balaban J connectivity index is 0.000000130. The van der Waals surface area contributed by atoms with Crippen LogP contribution < -0.4 is 21.3 Å². The predicted octanol–water partition coefficient (Wildman–Crippen LogP) is 18.7. The van der Waals surface area contributed by atoms with Crippen LogP contribution in [0.1, 0.15) is 236 Å². The van der Waals surface area contributed by atoms with Crippen LogP contribution >= 0.6 is 0 Å². The van der Waals surface area contributed by atoms with E-state index < -0.39 is 48.5 Å². The van der Waals surface area contributed by atoms with Crippen molar-refractivity contribution in [1.29, 1.82) is 0 Å². The molecule has 2 bridgehead atoms. The van der Waals surface area contributed by atoms with Crippen LogP contribution in [0, 0.1) is 69.1 Å². The molecule has 0 radical (unpaired) electrons. The summed E-state index contributed by atoms with van der Waals surface area (Å²) in [5, 5.41) is 10.9. The Morgan fingerprint density at radius 1 is 0.447 bits per heavy atom. The van der Waals surface area contributed by atoms with Crippen molar-refractivity contribution in [2.24, 2.45) is 51.4 Å². The third kappa shape index (κ3) is 19.1. The number of rotatable bonds is 20. The number of aliphatic imine (C=N–C) groups is 2. The first kappa shape index (κ1) is 93.3. The maximum atomic E-state index is 13.6. The van der Waals surface area contributed by atoms with Crippen LogP contribution in [-0.2, 0) is 57.4 Å². The number of hydrogen-bond acceptors (Lipinski definition) is 16. The molecular weight excluding hydrogens is 1660 g/mol. The van der Waals surface area contributed by atoms with E-state index >= 15 is 0 Å². The van der Waals surface area contributed by atoms with Gasteiger partial charge in [-0.2, -0.15) is 0 Å². The predicted molar refractivity (Wildman–Crippen MR) is 513 cm³/mol. The van der Waals surface area contributed by atoms with Gasteiger partial charge < -0.3 is 69.8 Å². The summed E-state index contributed by atoms with van der Waals surface area (Å²) in [5.74, 6) is 4.75. The van der Waals surface area contributed by atoms with Crippen LogP contribution in [0.4, 0.5) is 24.9 Å². The van der Waals surface area contributed by atoms with Gasteiger partial charge in [-0.15, -0.1) is 0 Å². The molecule has 8 heterocycles. The van der Waals surface area contributed by atoms with Crippen molar-refractivity contribution in [3.05, 3.63) is 189 Å². The maximum Gasteiger partial charge on any atom is 0.407 e. The van der Waals surface area contributed by atoms with E-state index in [0.717, 1.165) is 139 Å². The molecule has 5 aliphatic carbocycles. The Kier molecular flexibility index (Phi) is 28.2. The second kappa shape index (κ2) is 39.8. The number of nitrogens with zero attached hydrogens (tertiary/aromatic N) is 8. The van der Waals surface area contributed by atoms with E-state index in [4.69, 9.17) is 34.2 Å². The highest BCUT2D eigenvalue weighted by atomic mass is 16.5. The number of methoxy groups -OCH3 is 4. The lowest BCUT2D eigenvalue weighted by Crippen LogP contribution is -2.57. The van der Waals surface area contributed by atoms with Crippen LogP contribution in [0.3, 0.4) is 0 Å². The summed E-state index contributed by atoms with van der Waals surface area (Å²) in [6, 6.07) is 36.8. The molecule has 3 saturated carbocycles. The Bertz CT molecular complexity index is 5770. The highest BCUT2D eigenvalue weighted by molar-refractivity contribution is 6.05. The number of likely N-dealkylation sites (tertiary alicyclic amines) is 4. The first-order chi connectivity index (χ1) is 63.5. The van der Waals surface area contributed by atoms with Gasteiger partial charge in [0.2, 0.25) is 23.6 Å². The van der Waals surface area contributed by atoms with E-state index in [1.807, 2.05) is 87.4 Å². The molecule has 698 valence electrons. The second-order valence-electron chi connectivity index (χ2n) is 39.7. The van der Waals surface area contributed by atoms with Gasteiger partial charge in [0.05, 0.1) is 81.2 Å². The van der Waals surface area contributed by atoms with Gasteiger partial charge in [-0.05, 0) is 273 Å². The number of hydrogen-bond donors (Lipinski definition) is 6. The number of amides is 8. The summed E-state index contributed by atoms with van der Waals surface area (Å²) in [4.78, 5) is 135. The molecule has 26 heteroatoms. The van der Waals surface area contributed by atoms with E-state index in [9.17, 15) is 38.4 Å². The first-order valence-corrected chi connectivity index (χ1v) is 48.0. The summed E-state index contributed by atoms with van der Waals surface area (Å²) in [5.41, 5.74) is 27.6. The topological polar surface area (TPSA) is 317 Å². The van der Waals surface area contributed by atoms with Gasteiger partial charge in [-0.25, -0.2) is 29.1 Å². The number of imidazole rings is 2. The van der Waals surface area contributed by atoms with Crippen LogP contribution in [0.2, 0.25) is 0 Å². The Hall–Kier alpha value is -12.0. The van der Waals surface area contributed by atoms with E-state index in [-0.39, 0.29) is 77.5 Å². The van der Waals surface area contributed by atoms with Gasteiger partial charge >= 0.3 is 24.4 Å². The molecule has 132 heavy (non-hydrogen) atoms. The van der Waals surface area contributed by atoms with Crippen molar-refractivity contribution in [3.63, 3.8) is 0 Å². The van der Waals surface area contributed by atoms with E-state index in [1.54, 1.807) is 22.3 Å². The van der Waals surface area contributed by atoms with Crippen molar-refractivity contribution in [3.8, 4) is 33.5 Å². The van der Waals surface area contributed by atoms with E-state index in [0.29, 0.717) is 31.5 Å². The zero-order chi connectivity index (χ0) is 93.4. The molecule has 26 nitrogen and oxygen atoms in total. The molecule has 11 aliphatic rings. The average Bonchev–Trinajstić information content (AvgIpc) is 1.59. The number of carbonyl (C=O) groups excluding carboxylic acids is 8. The molecule has 8 amide bonds. The summed E-state index contributed by atoms with van der Waals surface area (Å²) in [6.45, 7) is 26.1. The number of ether oxygens (including phenoxy) is 4.